The number of nitrogens with zero attached hydrogens (tertiary/aromatic N) is 2. The van der Waals surface area contributed by atoms with Crippen LogP contribution in [0.25, 0.3) is 10.8 Å². The molecule has 2 aromatic rings. The van der Waals surface area contributed by atoms with Crippen molar-refractivity contribution in [2.24, 2.45) is 11.1 Å². The van der Waals surface area contributed by atoms with Crippen LogP contribution in [0.4, 0.5) is 0 Å². The molecule has 2 unspecified atom stereocenters. The Kier molecular flexibility index (Phi) is 4.72. The van der Waals surface area contributed by atoms with Crippen LogP contribution in [0.3, 0.4) is 0 Å². The van der Waals surface area contributed by atoms with E-state index in [9.17, 15) is 5.11 Å². The van der Waals surface area contributed by atoms with E-state index in [0.717, 1.165) is 25.0 Å². The molecule has 0 aromatic heterocycles. The van der Waals surface area contributed by atoms with Crippen LogP contribution in [0.2, 0.25) is 0 Å². The van der Waals surface area contributed by atoms with Gasteiger partial charge in [0.05, 0.1) is 11.8 Å². The van der Waals surface area contributed by atoms with Crippen LogP contribution in [0.1, 0.15) is 37.7 Å². The van der Waals surface area contributed by atoms with Crippen molar-refractivity contribution < 1.29 is 9.94 Å². The van der Waals surface area contributed by atoms with Crippen LogP contribution < -0.4 is 0 Å². The van der Waals surface area contributed by atoms with Crippen molar-refractivity contribution in [3.05, 3.63) is 48.0 Å². The summed E-state index contributed by atoms with van der Waals surface area (Å²) in [5.41, 5.74) is 2.41. The highest BCUT2D eigenvalue weighted by atomic mass is 16.6. The molecule has 2 fully saturated rings. The zero-order valence-electron chi connectivity index (χ0n) is 15.8. The smallest absolute Gasteiger partial charge is 0.106 e. The van der Waals surface area contributed by atoms with E-state index in [4.69, 9.17) is 4.84 Å². The molecule has 2 aromatic carbocycles. The summed E-state index contributed by atoms with van der Waals surface area (Å²) < 4.78 is 0. The molecule has 5 atom stereocenters. The first-order valence-electron chi connectivity index (χ1n) is 9.62. The Balaban J connectivity index is 1.80. The topological polar surface area (TPSA) is 45.1 Å². The van der Waals surface area contributed by atoms with Crippen molar-refractivity contribution >= 4 is 16.5 Å². The minimum absolute atomic E-state index is 0.110. The van der Waals surface area contributed by atoms with Gasteiger partial charge in [0.15, 0.2) is 0 Å². The second-order valence-electron chi connectivity index (χ2n) is 7.71. The van der Waals surface area contributed by atoms with Gasteiger partial charge in [0.2, 0.25) is 0 Å². The number of aliphatic hydroxyl groups is 1. The quantitative estimate of drug-likeness (QED) is 0.673. The van der Waals surface area contributed by atoms with Crippen LogP contribution >= 0.6 is 0 Å². The van der Waals surface area contributed by atoms with Crippen LogP contribution in [0.5, 0.6) is 0 Å². The number of likely N-dealkylation sites (N-methyl/N-ethyl adjacent to an activating group) is 1. The Morgan fingerprint density at radius 3 is 2.69 bits per heavy atom. The Morgan fingerprint density at radius 1 is 1.19 bits per heavy atom. The van der Waals surface area contributed by atoms with Crippen molar-refractivity contribution in [2.45, 2.75) is 50.3 Å². The molecule has 2 saturated heterocycles. The highest BCUT2D eigenvalue weighted by Gasteiger charge is 2.52. The second kappa shape index (κ2) is 7.01. The molecule has 0 radical (unpaired) electrons. The fourth-order valence-electron chi connectivity index (χ4n) is 5.22. The second-order valence-corrected chi connectivity index (χ2v) is 7.71. The third kappa shape index (κ3) is 2.81. The molecule has 0 aliphatic carbocycles. The maximum atomic E-state index is 10.8. The van der Waals surface area contributed by atoms with E-state index in [1.165, 1.54) is 16.3 Å². The van der Waals surface area contributed by atoms with Gasteiger partial charge in [-0.3, -0.25) is 4.90 Å². The summed E-state index contributed by atoms with van der Waals surface area (Å²) in [6.45, 7) is 2.13. The SMILES string of the molecule is CCC(=NOC)[C@@H]1[C@H]2C(O)CC(C[C@H]1c1ccc3ccccc3c1)N2C. The lowest BCUT2D eigenvalue weighted by Gasteiger charge is -2.44. The number of hydrogen-bond acceptors (Lipinski definition) is 4. The monoisotopic (exact) mass is 352 g/mol. The number of benzene rings is 2. The molecule has 2 aliphatic rings. The molecular weight excluding hydrogens is 324 g/mol. The number of aliphatic hydroxyl groups excluding tert-OH is 1. The van der Waals surface area contributed by atoms with Gasteiger partial charge in [-0.05, 0) is 48.6 Å². The molecule has 138 valence electrons. The first kappa shape index (κ1) is 17.5. The number of piperidine rings is 1. The van der Waals surface area contributed by atoms with Crippen molar-refractivity contribution in [1.29, 1.82) is 0 Å². The number of fused-ring (bicyclic) bond motifs is 3. The predicted octanol–water partition coefficient (Wildman–Crippen LogP) is 3.79. The molecule has 4 rings (SSSR count). The van der Waals surface area contributed by atoms with Crippen LogP contribution in [0, 0.1) is 5.92 Å². The van der Waals surface area contributed by atoms with Crippen LogP contribution in [0.15, 0.2) is 47.6 Å². The highest BCUT2D eigenvalue weighted by Crippen LogP contribution is 2.47. The molecule has 0 saturated carbocycles. The van der Waals surface area contributed by atoms with Gasteiger partial charge < -0.3 is 9.94 Å². The van der Waals surface area contributed by atoms with E-state index < -0.39 is 0 Å². The molecule has 26 heavy (non-hydrogen) atoms. The predicted molar refractivity (Wildman–Crippen MR) is 105 cm³/mol. The number of oxime groups is 1. The average Bonchev–Trinajstić information content (AvgIpc) is 2.84. The zero-order valence-corrected chi connectivity index (χ0v) is 15.8. The lowest BCUT2D eigenvalue weighted by atomic mass is 9.72. The Bertz CT molecular complexity index is 819. The molecule has 1 N–H and O–H groups in total. The standard InChI is InChI=1S/C22H28N2O2/c1-4-19(23-26-3)21-18(12-17-13-20(25)22(21)24(17)2)16-10-9-14-7-5-6-8-15(14)11-16/h5-11,17-18,20-22,25H,4,12-13H2,1-3H3/t17?,18-,20?,21+,22+/m0/s1. The van der Waals surface area contributed by atoms with E-state index in [2.05, 4.69) is 66.5 Å². The van der Waals surface area contributed by atoms with Crippen molar-refractivity contribution in [3.8, 4) is 0 Å². The normalized spacial score (nSPS) is 32.2. The number of rotatable bonds is 4. The van der Waals surface area contributed by atoms with Gasteiger partial charge in [0, 0.05) is 18.0 Å². The van der Waals surface area contributed by atoms with Crippen LogP contribution in [-0.2, 0) is 4.84 Å². The van der Waals surface area contributed by atoms with Gasteiger partial charge in [-0.15, -0.1) is 0 Å². The molecule has 2 bridgehead atoms. The molecule has 0 amide bonds. The minimum atomic E-state index is -0.297. The van der Waals surface area contributed by atoms with Gasteiger partial charge in [-0.25, -0.2) is 0 Å². The van der Waals surface area contributed by atoms with Crippen molar-refractivity contribution in [2.75, 3.05) is 14.2 Å². The summed E-state index contributed by atoms with van der Waals surface area (Å²) in [6.07, 6.45) is 2.44. The van der Waals surface area contributed by atoms with Gasteiger partial charge in [0.1, 0.15) is 7.11 Å². The Hall–Kier alpha value is -1.91. The first-order valence-corrected chi connectivity index (χ1v) is 9.62. The van der Waals surface area contributed by atoms with Gasteiger partial charge in [0.25, 0.3) is 0 Å². The first-order chi connectivity index (χ1) is 12.6. The van der Waals surface area contributed by atoms with E-state index in [0.29, 0.717) is 12.0 Å². The molecule has 4 heteroatoms. The Morgan fingerprint density at radius 2 is 1.96 bits per heavy atom. The maximum Gasteiger partial charge on any atom is 0.106 e. The van der Waals surface area contributed by atoms with E-state index in [-0.39, 0.29) is 18.1 Å². The summed E-state index contributed by atoms with van der Waals surface area (Å²) in [4.78, 5) is 7.54. The zero-order chi connectivity index (χ0) is 18.3. The number of hydrogen-bond donors (Lipinski definition) is 1. The molecule has 0 spiro atoms. The molecule has 4 nitrogen and oxygen atoms in total. The van der Waals surface area contributed by atoms with E-state index in [1.807, 2.05) is 0 Å². The average molecular weight is 352 g/mol. The van der Waals surface area contributed by atoms with Gasteiger partial charge in [-0.1, -0.05) is 54.5 Å². The van der Waals surface area contributed by atoms with Crippen molar-refractivity contribution in [3.63, 3.8) is 0 Å². The fourth-order valence-corrected chi connectivity index (χ4v) is 5.22. The van der Waals surface area contributed by atoms with Gasteiger partial charge >= 0.3 is 0 Å². The summed E-state index contributed by atoms with van der Waals surface area (Å²) in [5, 5.41) is 17.7. The highest BCUT2D eigenvalue weighted by molar-refractivity contribution is 5.89. The summed E-state index contributed by atoms with van der Waals surface area (Å²) in [5.74, 6) is 0.539. The summed E-state index contributed by atoms with van der Waals surface area (Å²) >= 11 is 0. The molecule has 2 aliphatic heterocycles. The lowest BCUT2D eigenvalue weighted by molar-refractivity contribution is 0.0694. The fraction of sp³-hybridized carbons (Fsp3) is 0.500. The lowest BCUT2D eigenvalue weighted by Crippen LogP contribution is -2.51. The van der Waals surface area contributed by atoms with Crippen molar-refractivity contribution in [1.82, 2.24) is 4.90 Å². The third-order valence-electron chi connectivity index (χ3n) is 6.44. The van der Waals surface area contributed by atoms with E-state index in [1.54, 1.807) is 7.11 Å². The Labute approximate surface area is 155 Å². The molecule has 2 heterocycles. The van der Waals surface area contributed by atoms with E-state index >= 15 is 0 Å². The molecular formula is C22H28N2O2. The van der Waals surface area contributed by atoms with Gasteiger partial charge in [-0.2, -0.15) is 0 Å². The van der Waals surface area contributed by atoms with Crippen LogP contribution in [-0.4, -0.2) is 48.1 Å². The largest absolute Gasteiger partial charge is 0.399 e. The maximum absolute atomic E-state index is 10.8. The summed E-state index contributed by atoms with van der Waals surface area (Å²) in [7, 11) is 3.76. The minimum Gasteiger partial charge on any atom is -0.399 e. The summed E-state index contributed by atoms with van der Waals surface area (Å²) in [6, 6.07) is 15.9. The third-order valence-corrected chi connectivity index (χ3v) is 6.44.